The topological polar surface area (TPSA) is 56.1 Å². The number of fused-ring (bicyclic) bond motifs is 1. The number of rotatable bonds is 5. The average Bonchev–Trinajstić information content (AvgIpc) is 3.56. The second kappa shape index (κ2) is 7.52. The SMILES string of the molecule is COc1ccc(-c2cn3cc(C4=CCN(C(=O)C5CC5)CC4)ccc3n2)cc1OC. The lowest BCUT2D eigenvalue weighted by Gasteiger charge is -2.26. The Morgan fingerprint density at radius 2 is 1.83 bits per heavy atom. The molecule has 6 heteroatoms. The van der Waals surface area contributed by atoms with Gasteiger partial charge >= 0.3 is 0 Å². The molecule has 0 bridgehead atoms. The van der Waals surface area contributed by atoms with Crippen LogP contribution in [0, 0.1) is 5.92 Å². The Balaban J connectivity index is 1.40. The van der Waals surface area contributed by atoms with Gasteiger partial charge in [-0.1, -0.05) is 6.08 Å². The third-order valence-corrected chi connectivity index (χ3v) is 5.95. The van der Waals surface area contributed by atoms with E-state index >= 15 is 0 Å². The number of hydrogen-bond acceptors (Lipinski definition) is 4. The first-order valence-corrected chi connectivity index (χ1v) is 10.4. The van der Waals surface area contributed by atoms with Crippen LogP contribution in [0.2, 0.25) is 0 Å². The van der Waals surface area contributed by atoms with Gasteiger partial charge in [-0.25, -0.2) is 4.98 Å². The van der Waals surface area contributed by atoms with E-state index in [1.807, 2.05) is 35.4 Å². The lowest BCUT2D eigenvalue weighted by Crippen LogP contribution is -2.35. The van der Waals surface area contributed by atoms with Crippen LogP contribution in [0.4, 0.5) is 0 Å². The molecule has 2 aromatic heterocycles. The summed E-state index contributed by atoms with van der Waals surface area (Å²) >= 11 is 0. The fourth-order valence-corrected chi connectivity index (χ4v) is 4.04. The van der Waals surface area contributed by atoms with Crippen LogP contribution in [0.5, 0.6) is 11.5 Å². The summed E-state index contributed by atoms with van der Waals surface area (Å²) < 4.78 is 12.8. The molecule has 1 aromatic carbocycles. The molecule has 1 aliphatic heterocycles. The summed E-state index contributed by atoms with van der Waals surface area (Å²) in [6, 6.07) is 9.98. The number of carbonyl (C=O) groups is 1. The summed E-state index contributed by atoms with van der Waals surface area (Å²) in [5.41, 5.74) is 5.22. The molecule has 0 spiro atoms. The van der Waals surface area contributed by atoms with Crippen molar-refractivity contribution in [1.29, 1.82) is 0 Å². The first-order valence-electron chi connectivity index (χ1n) is 10.4. The summed E-state index contributed by atoms with van der Waals surface area (Å²) in [6.45, 7) is 1.52. The molecule has 5 rings (SSSR count). The van der Waals surface area contributed by atoms with Gasteiger partial charge in [-0.05, 0) is 60.7 Å². The van der Waals surface area contributed by atoms with Gasteiger partial charge in [0.25, 0.3) is 0 Å². The molecule has 3 aromatic rings. The third-order valence-electron chi connectivity index (χ3n) is 5.95. The van der Waals surface area contributed by atoms with E-state index in [-0.39, 0.29) is 5.92 Å². The van der Waals surface area contributed by atoms with E-state index in [2.05, 4.69) is 22.7 Å². The lowest BCUT2D eigenvalue weighted by molar-refractivity contribution is -0.132. The molecule has 1 saturated carbocycles. The first-order chi connectivity index (χ1) is 14.7. The largest absolute Gasteiger partial charge is 0.493 e. The number of ether oxygens (including phenoxy) is 2. The molecule has 6 nitrogen and oxygen atoms in total. The number of aromatic nitrogens is 2. The Kier molecular flexibility index (Phi) is 4.69. The molecule has 0 radical (unpaired) electrons. The Hall–Kier alpha value is -3.28. The Labute approximate surface area is 175 Å². The molecule has 1 fully saturated rings. The van der Waals surface area contributed by atoms with Crippen molar-refractivity contribution in [2.24, 2.45) is 5.92 Å². The predicted octanol–water partition coefficient (Wildman–Crippen LogP) is 4.04. The molecular formula is C24H25N3O3. The number of imidazole rings is 1. The van der Waals surface area contributed by atoms with Crippen LogP contribution < -0.4 is 9.47 Å². The Morgan fingerprint density at radius 1 is 1.03 bits per heavy atom. The minimum absolute atomic E-state index is 0.289. The summed E-state index contributed by atoms with van der Waals surface area (Å²) in [4.78, 5) is 19.0. The normalized spacial score (nSPS) is 16.5. The van der Waals surface area contributed by atoms with Crippen molar-refractivity contribution in [3.63, 3.8) is 0 Å². The van der Waals surface area contributed by atoms with Gasteiger partial charge in [0.2, 0.25) is 5.91 Å². The number of pyridine rings is 1. The highest BCUT2D eigenvalue weighted by Crippen LogP contribution is 2.34. The van der Waals surface area contributed by atoms with Gasteiger partial charge in [0.15, 0.2) is 11.5 Å². The van der Waals surface area contributed by atoms with Crippen LogP contribution in [-0.2, 0) is 4.79 Å². The van der Waals surface area contributed by atoms with Crippen molar-refractivity contribution in [3.8, 4) is 22.8 Å². The lowest BCUT2D eigenvalue weighted by atomic mass is 10.0. The van der Waals surface area contributed by atoms with Crippen molar-refractivity contribution < 1.29 is 14.3 Å². The molecule has 0 atom stereocenters. The minimum Gasteiger partial charge on any atom is -0.493 e. The van der Waals surface area contributed by atoms with Crippen LogP contribution in [0.3, 0.4) is 0 Å². The maximum absolute atomic E-state index is 12.3. The van der Waals surface area contributed by atoms with E-state index < -0.39 is 0 Å². The highest BCUT2D eigenvalue weighted by atomic mass is 16.5. The van der Waals surface area contributed by atoms with Crippen LogP contribution in [0.25, 0.3) is 22.5 Å². The highest BCUT2D eigenvalue weighted by Gasteiger charge is 2.33. The van der Waals surface area contributed by atoms with Gasteiger partial charge in [0.1, 0.15) is 5.65 Å². The quantitative estimate of drug-likeness (QED) is 0.645. The zero-order valence-corrected chi connectivity index (χ0v) is 17.3. The fourth-order valence-electron chi connectivity index (χ4n) is 4.04. The zero-order chi connectivity index (χ0) is 20.7. The first kappa shape index (κ1) is 18.7. The smallest absolute Gasteiger partial charge is 0.225 e. The van der Waals surface area contributed by atoms with Crippen LogP contribution in [0.15, 0.2) is 48.8 Å². The number of hydrogen-bond donors (Lipinski definition) is 0. The van der Waals surface area contributed by atoms with Crippen LogP contribution in [0.1, 0.15) is 24.8 Å². The van der Waals surface area contributed by atoms with Gasteiger partial charge in [-0.2, -0.15) is 0 Å². The Morgan fingerprint density at radius 3 is 2.53 bits per heavy atom. The zero-order valence-electron chi connectivity index (χ0n) is 17.3. The van der Waals surface area contributed by atoms with Crippen LogP contribution >= 0.6 is 0 Å². The van der Waals surface area contributed by atoms with E-state index in [0.717, 1.165) is 42.7 Å². The molecule has 3 heterocycles. The maximum Gasteiger partial charge on any atom is 0.225 e. The average molecular weight is 403 g/mol. The highest BCUT2D eigenvalue weighted by molar-refractivity contribution is 5.82. The van der Waals surface area contributed by atoms with E-state index in [9.17, 15) is 4.79 Å². The number of amides is 1. The monoisotopic (exact) mass is 403 g/mol. The summed E-state index contributed by atoms with van der Waals surface area (Å²) in [5.74, 6) is 2.00. The van der Waals surface area contributed by atoms with E-state index in [1.54, 1.807) is 14.2 Å². The Bertz CT molecular complexity index is 1140. The number of methoxy groups -OCH3 is 2. The summed E-state index contributed by atoms with van der Waals surface area (Å²) in [5, 5.41) is 0. The number of benzene rings is 1. The molecule has 0 unspecified atom stereocenters. The predicted molar refractivity (Wildman–Crippen MR) is 116 cm³/mol. The second-order valence-electron chi connectivity index (χ2n) is 7.92. The fraction of sp³-hybridized carbons (Fsp3) is 0.333. The summed E-state index contributed by atoms with van der Waals surface area (Å²) in [6.07, 6.45) is 9.36. The summed E-state index contributed by atoms with van der Waals surface area (Å²) in [7, 11) is 3.26. The van der Waals surface area contributed by atoms with Crippen molar-refractivity contribution in [3.05, 3.63) is 54.4 Å². The molecule has 2 aliphatic rings. The molecule has 1 amide bonds. The van der Waals surface area contributed by atoms with E-state index in [1.165, 1.54) is 11.1 Å². The van der Waals surface area contributed by atoms with Gasteiger partial charge in [-0.15, -0.1) is 0 Å². The second-order valence-corrected chi connectivity index (χ2v) is 7.92. The maximum atomic E-state index is 12.3. The molecule has 1 aliphatic carbocycles. The molecule has 154 valence electrons. The van der Waals surface area contributed by atoms with Crippen LogP contribution in [-0.4, -0.2) is 47.5 Å². The minimum atomic E-state index is 0.289. The van der Waals surface area contributed by atoms with E-state index in [4.69, 9.17) is 14.5 Å². The third kappa shape index (κ3) is 3.43. The van der Waals surface area contributed by atoms with E-state index in [0.29, 0.717) is 24.0 Å². The molecule has 0 N–H and O–H groups in total. The van der Waals surface area contributed by atoms with Gasteiger partial charge < -0.3 is 18.8 Å². The molecule has 30 heavy (non-hydrogen) atoms. The number of carbonyl (C=O) groups excluding carboxylic acids is 1. The van der Waals surface area contributed by atoms with Crippen molar-refractivity contribution >= 4 is 17.1 Å². The van der Waals surface area contributed by atoms with Crippen molar-refractivity contribution in [2.75, 3.05) is 27.3 Å². The van der Waals surface area contributed by atoms with Gasteiger partial charge in [0, 0.05) is 37.0 Å². The van der Waals surface area contributed by atoms with Crippen molar-refractivity contribution in [2.45, 2.75) is 19.3 Å². The van der Waals surface area contributed by atoms with Crippen molar-refractivity contribution in [1.82, 2.24) is 14.3 Å². The molecular weight excluding hydrogens is 378 g/mol. The van der Waals surface area contributed by atoms with Gasteiger partial charge in [0.05, 0.1) is 19.9 Å². The van der Waals surface area contributed by atoms with Gasteiger partial charge in [-0.3, -0.25) is 4.79 Å². The molecule has 0 saturated heterocycles. The number of nitrogens with zero attached hydrogens (tertiary/aromatic N) is 3. The standard InChI is InChI=1S/C24H25N3O3/c1-29-21-7-5-18(13-22(21)30-2)20-15-27-14-19(6-8-23(27)25-20)16-9-11-26(12-10-16)24(28)17-3-4-17/h5-9,13-15,17H,3-4,10-12H2,1-2H3.